The fourth-order valence-electron chi connectivity index (χ4n) is 2.60. The van der Waals surface area contributed by atoms with Gasteiger partial charge < -0.3 is 9.84 Å². The molecule has 4 nitrogen and oxygen atoms in total. The molecule has 1 aliphatic heterocycles. The minimum atomic E-state index is -0.151. The molecule has 1 heterocycles. The average Bonchev–Trinajstić information content (AvgIpc) is 2.44. The highest BCUT2D eigenvalue weighted by atomic mass is 35.5. The Morgan fingerprint density at radius 3 is 2.90 bits per heavy atom. The third kappa shape index (κ3) is 4.20. The Kier molecular flexibility index (Phi) is 6.99. The van der Waals surface area contributed by atoms with E-state index in [0.717, 1.165) is 13.1 Å². The minimum absolute atomic E-state index is 0. The molecular formula is C15H22ClNO3. The molecule has 0 radical (unpaired) electrons. The standard InChI is InChI=1S/C15H21NO3.ClH/c1-2-19-15(18)7-8-16-9-12-5-3-4-6-14(12)13(10-16)11-17;/h3-6,13,17H,2,7-11H2,1H3;1H. The van der Waals surface area contributed by atoms with E-state index in [1.165, 1.54) is 11.1 Å². The summed E-state index contributed by atoms with van der Waals surface area (Å²) in [5.41, 5.74) is 2.48. The summed E-state index contributed by atoms with van der Waals surface area (Å²) in [6.45, 7) is 4.72. The quantitative estimate of drug-likeness (QED) is 0.845. The van der Waals surface area contributed by atoms with Crippen molar-refractivity contribution >= 4 is 18.4 Å². The normalized spacial score (nSPS) is 18.0. The van der Waals surface area contributed by atoms with Gasteiger partial charge in [0, 0.05) is 25.6 Å². The van der Waals surface area contributed by atoms with Crippen molar-refractivity contribution in [3.05, 3.63) is 35.4 Å². The number of rotatable bonds is 5. The van der Waals surface area contributed by atoms with E-state index in [1.54, 1.807) is 0 Å². The van der Waals surface area contributed by atoms with Crippen molar-refractivity contribution < 1.29 is 14.6 Å². The monoisotopic (exact) mass is 299 g/mol. The number of esters is 1. The first-order valence-corrected chi connectivity index (χ1v) is 6.81. The number of benzene rings is 1. The van der Waals surface area contributed by atoms with Crippen LogP contribution in [0.2, 0.25) is 0 Å². The Hall–Kier alpha value is -1.10. The molecule has 0 bridgehead atoms. The fourth-order valence-corrected chi connectivity index (χ4v) is 2.60. The highest BCUT2D eigenvalue weighted by molar-refractivity contribution is 5.85. The maximum Gasteiger partial charge on any atom is 0.307 e. The number of ether oxygens (including phenoxy) is 1. The van der Waals surface area contributed by atoms with Crippen LogP contribution in [0.1, 0.15) is 30.4 Å². The summed E-state index contributed by atoms with van der Waals surface area (Å²) < 4.78 is 4.94. The Bertz CT molecular complexity index is 439. The van der Waals surface area contributed by atoms with Gasteiger partial charge in [-0.3, -0.25) is 9.69 Å². The van der Waals surface area contributed by atoms with E-state index in [4.69, 9.17) is 4.74 Å². The molecule has 112 valence electrons. The van der Waals surface area contributed by atoms with Crippen LogP contribution >= 0.6 is 12.4 Å². The molecule has 0 spiro atoms. The molecule has 5 heteroatoms. The molecule has 0 amide bonds. The van der Waals surface area contributed by atoms with E-state index >= 15 is 0 Å². The zero-order valence-electron chi connectivity index (χ0n) is 11.7. The highest BCUT2D eigenvalue weighted by Gasteiger charge is 2.24. The summed E-state index contributed by atoms with van der Waals surface area (Å²) in [5, 5.41) is 9.50. The smallest absolute Gasteiger partial charge is 0.307 e. The number of nitrogens with zero attached hydrogens (tertiary/aromatic N) is 1. The van der Waals surface area contributed by atoms with Crippen molar-refractivity contribution in [2.75, 3.05) is 26.3 Å². The van der Waals surface area contributed by atoms with Gasteiger partial charge in [-0.1, -0.05) is 24.3 Å². The second-order valence-electron chi connectivity index (χ2n) is 4.87. The van der Waals surface area contributed by atoms with Gasteiger partial charge in [0.2, 0.25) is 0 Å². The summed E-state index contributed by atoms with van der Waals surface area (Å²) in [6, 6.07) is 8.20. The molecule has 1 aromatic rings. The number of aliphatic hydroxyl groups excluding tert-OH is 1. The molecule has 1 aromatic carbocycles. The molecule has 1 N–H and O–H groups in total. The van der Waals surface area contributed by atoms with Crippen LogP contribution in [0.25, 0.3) is 0 Å². The van der Waals surface area contributed by atoms with Crippen molar-refractivity contribution in [2.24, 2.45) is 0 Å². The van der Waals surface area contributed by atoms with E-state index in [0.29, 0.717) is 19.6 Å². The van der Waals surface area contributed by atoms with Crippen LogP contribution in [-0.2, 0) is 16.1 Å². The highest BCUT2D eigenvalue weighted by Crippen LogP contribution is 2.27. The molecule has 0 fully saturated rings. The number of halogens is 1. The Balaban J connectivity index is 0.00000200. The first kappa shape index (κ1) is 17.0. The van der Waals surface area contributed by atoms with Gasteiger partial charge in [0.25, 0.3) is 0 Å². The topological polar surface area (TPSA) is 49.8 Å². The van der Waals surface area contributed by atoms with E-state index in [9.17, 15) is 9.90 Å². The average molecular weight is 300 g/mol. The van der Waals surface area contributed by atoms with Gasteiger partial charge in [-0.15, -0.1) is 12.4 Å². The zero-order chi connectivity index (χ0) is 13.7. The lowest BCUT2D eigenvalue weighted by molar-refractivity contribution is -0.143. The molecule has 1 atom stereocenters. The van der Waals surface area contributed by atoms with E-state index < -0.39 is 0 Å². The lowest BCUT2D eigenvalue weighted by atomic mass is 9.90. The summed E-state index contributed by atoms with van der Waals surface area (Å²) in [4.78, 5) is 13.6. The van der Waals surface area contributed by atoms with Crippen molar-refractivity contribution in [3.8, 4) is 0 Å². The molecule has 0 aromatic heterocycles. The molecule has 0 aliphatic carbocycles. The van der Waals surface area contributed by atoms with Gasteiger partial charge >= 0.3 is 5.97 Å². The number of fused-ring (bicyclic) bond motifs is 1. The fraction of sp³-hybridized carbons (Fsp3) is 0.533. The summed E-state index contributed by atoms with van der Waals surface area (Å²) in [5.74, 6) is -0.00551. The number of carbonyl (C=O) groups excluding carboxylic acids is 1. The number of hydrogen-bond acceptors (Lipinski definition) is 4. The van der Waals surface area contributed by atoms with Gasteiger partial charge in [0.15, 0.2) is 0 Å². The molecule has 20 heavy (non-hydrogen) atoms. The molecular weight excluding hydrogens is 278 g/mol. The second-order valence-corrected chi connectivity index (χ2v) is 4.87. The number of hydrogen-bond donors (Lipinski definition) is 1. The van der Waals surface area contributed by atoms with Crippen LogP contribution in [0.3, 0.4) is 0 Å². The minimum Gasteiger partial charge on any atom is -0.466 e. The summed E-state index contributed by atoms with van der Waals surface area (Å²) in [7, 11) is 0. The SMILES string of the molecule is CCOC(=O)CCN1Cc2ccccc2C(CO)C1.Cl. The lowest BCUT2D eigenvalue weighted by Gasteiger charge is -2.33. The second kappa shape index (κ2) is 8.25. The van der Waals surface area contributed by atoms with Gasteiger partial charge in [-0.05, 0) is 18.1 Å². The van der Waals surface area contributed by atoms with Crippen LogP contribution in [0, 0.1) is 0 Å². The van der Waals surface area contributed by atoms with Crippen molar-refractivity contribution in [1.29, 1.82) is 0 Å². The summed E-state index contributed by atoms with van der Waals surface area (Å²) >= 11 is 0. The van der Waals surface area contributed by atoms with Crippen LogP contribution in [0.4, 0.5) is 0 Å². The van der Waals surface area contributed by atoms with Crippen LogP contribution in [-0.4, -0.2) is 42.3 Å². The maximum absolute atomic E-state index is 11.4. The van der Waals surface area contributed by atoms with Gasteiger partial charge in [-0.2, -0.15) is 0 Å². The van der Waals surface area contributed by atoms with Crippen molar-refractivity contribution in [2.45, 2.75) is 25.8 Å². The molecule has 1 aliphatic rings. The van der Waals surface area contributed by atoms with E-state index in [-0.39, 0.29) is 30.9 Å². The third-order valence-corrected chi connectivity index (χ3v) is 3.53. The Morgan fingerprint density at radius 2 is 2.20 bits per heavy atom. The molecule has 0 saturated heterocycles. The predicted octanol–water partition coefficient (Wildman–Crippen LogP) is 1.95. The first-order valence-electron chi connectivity index (χ1n) is 6.81. The van der Waals surface area contributed by atoms with Crippen LogP contribution in [0.5, 0.6) is 0 Å². The lowest BCUT2D eigenvalue weighted by Crippen LogP contribution is -2.36. The molecule has 1 unspecified atom stereocenters. The van der Waals surface area contributed by atoms with Gasteiger partial charge in [0.05, 0.1) is 19.6 Å². The number of aliphatic hydroxyl groups is 1. The zero-order valence-corrected chi connectivity index (χ0v) is 12.6. The van der Waals surface area contributed by atoms with Crippen LogP contribution in [0.15, 0.2) is 24.3 Å². The van der Waals surface area contributed by atoms with Crippen LogP contribution < -0.4 is 0 Å². The van der Waals surface area contributed by atoms with Gasteiger partial charge in [-0.25, -0.2) is 0 Å². The third-order valence-electron chi connectivity index (χ3n) is 3.53. The largest absolute Gasteiger partial charge is 0.466 e. The van der Waals surface area contributed by atoms with Crippen molar-refractivity contribution in [3.63, 3.8) is 0 Å². The molecule has 2 rings (SSSR count). The first-order chi connectivity index (χ1) is 9.24. The Morgan fingerprint density at radius 1 is 1.45 bits per heavy atom. The van der Waals surface area contributed by atoms with E-state index in [1.807, 2.05) is 19.1 Å². The molecule has 0 saturated carbocycles. The van der Waals surface area contributed by atoms with E-state index in [2.05, 4.69) is 17.0 Å². The van der Waals surface area contributed by atoms with Gasteiger partial charge in [0.1, 0.15) is 0 Å². The number of carbonyl (C=O) groups is 1. The Labute approximate surface area is 126 Å². The maximum atomic E-state index is 11.4. The summed E-state index contributed by atoms with van der Waals surface area (Å²) in [6.07, 6.45) is 0.411. The predicted molar refractivity (Wildman–Crippen MR) is 80.0 cm³/mol. The van der Waals surface area contributed by atoms with Crippen molar-refractivity contribution in [1.82, 2.24) is 4.90 Å².